The Morgan fingerprint density at radius 3 is 2.85 bits per heavy atom. The summed E-state index contributed by atoms with van der Waals surface area (Å²) >= 11 is 0. The molecule has 2 atom stereocenters. The summed E-state index contributed by atoms with van der Waals surface area (Å²) in [6.07, 6.45) is 7.02. The molecule has 4 heteroatoms. The predicted octanol–water partition coefficient (Wildman–Crippen LogP) is 1.30. The van der Waals surface area contributed by atoms with Crippen molar-refractivity contribution in [1.29, 1.82) is 0 Å². The lowest BCUT2D eigenvalue weighted by atomic mass is 10.0. The van der Waals surface area contributed by atoms with Gasteiger partial charge in [-0.1, -0.05) is 18.3 Å². The molecule has 2 fully saturated rings. The molecular formula is C16H18N2O2. The number of rotatable bonds is 1. The normalized spacial score (nSPS) is 24.1. The maximum absolute atomic E-state index is 12.6. The van der Waals surface area contributed by atoms with Crippen molar-refractivity contribution in [2.24, 2.45) is 11.8 Å². The molecule has 2 unspecified atom stereocenters. The van der Waals surface area contributed by atoms with Crippen molar-refractivity contribution in [2.75, 3.05) is 19.7 Å². The fourth-order valence-electron chi connectivity index (χ4n) is 3.39. The van der Waals surface area contributed by atoms with E-state index < -0.39 is 0 Å². The highest BCUT2D eigenvalue weighted by Crippen LogP contribution is 2.38. The van der Waals surface area contributed by atoms with Crippen LogP contribution in [0.3, 0.4) is 0 Å². The van der Waals surface area contributed by atoms with E-state index in [1.54, 1.807) is 18.5 Å². The highest BCUT2D eigenvalue weighted by molar-refractivity contribution is 5.96. The van der Waals surface area contributed by atoms with Gasteiger partial charge in [0.25, 0.3) is 5.91 Å². The lowest BCUT2D eigenvalue weighted by Crippen LogP contribution is -2.30. The molecule has 1 N–H and O–H groups in total. The third-order valence-corrected chi connectivity index (χ3v) is 4.37. The third kappa shape index (κ3) is 2.41. The molecule has 2 aliphatic rings. The SMILES string of the molecule is O=C(c1ccncc1C#CCO)N1CC2CCCC2C1. The Balaban J connectivity index is 1.81. The largest absolute Gasteiger partial charge is 0.384 e. The monoisotopic (exact) mass is 270 g/mol. The minimum absolute atomic E-state index is 0.0454. The number of hydrogen-bond donors (Lipinski definition) is 1. The maximum atomic E-state index is 12.6. The second-order valence-corrected chi connectivity index (χ2v) is 5.54. The first-order valence-electron chi connectivity index (χ1n) is 7.12. The Bertz CT molecular complexity index is 561. The van der Waals surface area contributed by atoms with Crippen LogP contribution in [0.25, 0.3) is 0 Å². The van der Waals surface area contributed by atoms with Gasteiger partial charge in [-0.3, -0.25) is 9.78 Å². The van der Waals surface area contributed by atoms with Crippen molar-refractivity contribution in [3.63, 3.8) is 0 Å². The number of aromatic nitrogens is 1. The smallest absolute Gasteiger partial charge is 0.255 e. The summed E-state index contributed by atoms with van der Waals surface area (Å²) in [6, 6.07) is 1.72. The van der Waals surface area contributed by atoms with Crippen molar-refractivity contribution in [1.82, 2.24) is 9.88 Å². The number of pyridine rings is 1. The molecule has 4 nitrogen and oxygen atoms in total. The standard InChI is InChI=1S/C16H18N2O2/c19-8-2-5-12-9-17-7-6-15(12)16(20)18-10-13-3-1-4-14(13)11-18/h6-7,9,13-14,19H,1,3-4,8,10-11H2. The van der Waals surface area contributed by atoms with Gasteiger partial charge in [0.1, 0.15) is 6.61 Å². The molecule has 104 valence electrons. The average Bonchev–Trinajstić information content (AvgIpc) is 3.06. The zero-order chi connectivity index (χ0) is 13.9. The molecule has 0 aromatic carbocycles. The van der Waals surface area contributed by atoms with Crippen LogP contribution in [0.2, 0.25) is 0 Å². The van der Waals surface area contributed by atoms with E-state index in [-0.39, 0.29) is 12.5 Å². The van der Waals surface area contributed by atoms with Gasteiger partial charge in [-0.05, 0) is 30.7 Å². The summed E-state index contributed by atoms with van der Waals surface area (Å²) in [5.74, 6) is 6.81. The summed E-state index contributed by atoms with van der Waals surface area (Å²) < 4.78 is 0. The van der Waals surface area contributed by atoms with Gasteiger partial charge in [-0.15, -0.1) is 0 Å². The number of aliphatic hydroxyl groups excluding tert-OH is 1. The van der Waals surface area contributed by atoms with E-state index >= 15 is 0 Å². The van der Waals surface area contributed by atoms with Crippen LogP contribution in [0.5, 0.6) is 0 Å². The molecule has 1 aromatic rings. The molecule has 0 radical (unpaired) electrons. The molecule has 2 heterocycles. The van der Waals surface area contributed by atoms with E-state index in [1.165, 1.54) is 19.3 Å². The number of carbonyl (C=O) groups is 1. The highest BCUT2D eigenvalue weighted by Gasteiger charge is 2.38. The van der Waals surface area contributed by atoms with E-state index in [9.17, 15) is 4.79 Å². The van der Waals surface area contributed by atoms with Crippen LogP contribution in [0.1, 0.15) is 35.2 Å². The first-order valence-corrected chi connectivity index (χ1v) is 7.12. The second-order valence-electron chi connectivity index (χ2n) is 5.54. The fourth-order valence-corrected chi connectivity index (χ4v) is 3.39. The van der Waals surface area contributed by atoms with Gasteiger partial charge in [0.05, 0.1) is 11.1 Å². The Morgan fingerprint density at radius 2 is 2.15 bits per heavy atom. The number of amides is 1. The van der Waals surface area contributed by atoms with Crippen LogP contribution in [0, 0.1) is 23.7 Å². The van der Waals surface area contributed by atoms with Crippen molar-refractivity contribution in [2.45, 2.75) is 19.3 Å². The summed E-state index contributed by atoms with van der Waals surface area (Å²) in [4.78, 5) is 18.6. The minimum Gasteiger partial charge on any atom is -0.384 e. The Labute approximate surface area is 118 Å². The van der Waals surface area contributed by atoms with E-state index in [0.717, 1.165) is 13.1 Å². The molecule has 0 spiro atoms. The second kappa shape index (κ2) is 5.64. The number of nitrogens with zero attached hydrogens (tertiary/aromatic N) is 2. The first kappa shape index (κ1) is 13.1. The first-order chi connectivity index (χ1) is 9.79. The van der Waals surface area contributed by atoms with Gasteiger partial charge < -0.3 is 10.0 Å². The van der Waals surface area contributed by atoms with Crippen LogP contribution >= 0.6 is 0 Å². The molecule has 1 aromatic heterocycles. The molecule has 1 saturated heterocycles. The number of hydrogen-bond acceptors (Lipinski definition) is 3. The number of aliphatic hydroxyl groups is 1. The Kier molecular flexibility index (Phi) is 3.70. The van der Waals surface area contributed by atoms with Gasteiger partial charge in [0.15, 0.2) is 0 Å². The van der Waals surface area contributed by atoms with E-state index in [1.807, 2.05) is 4.90 Å². The van der Waals surface area contributed by atoms with Crippen LogP contribution in [-0.2, 0) is 0 Å². The van der Waals surface area contributed by atoms with Crippen LogP contribution < -0.4 is 0 Å². The number of carbonyl (C=O) groups excluding carboxylic acids is 1. The molecule has 1 aliphatic carbocycles. The topological polar surface area (TPSA) is 53.4 Å². The molecule has 1 saturated carbocycles. The van der Waals surface area contributed by atoms with Crippen LogP contribution in [0.4, 0.5) is 0 Å². The van der Waals surface area contributed by atoms with E-state index in [0.29, 0.717) is 23.0 Å². The molecule has 0 bridgehead atoms. The van der Waals surface area contributed by atoms with E-state index in [2.05, 4.69) is 16.8 Å². The van der Waals surface area contributed by atoms with Crippen molar-refractivity contribution in [3.8, 4) is 11.8 Å². The van der Waals surface area contributed by atoms with Gasteiger partial charge >= 0.3 is 0 Å². The van der Waals surface area contributed by atoms with Crippen molar-refractivity contribution in [3.05, 3.63) is 29.6 Å². The summed E-state index contributed by atoms with van der Waals surface area (Å²) in [6.45, 7) is 1.54. The predicted molar refractivity (Wildman–Crippen MR) is 74.9 cm³/mol. The number of likely N-dealkylation sites (tertiary alicyclic amines) is 1. The Morgan fingerprint density at radius 1 is 1.40 bits per heavy atom. The zero-order valence-electron chi connectivity index (χ0n) is 11.4. The Hall–Kier alpha value is -1.86. The quantitative estimate of drug-likeness (QED) is 0.783. The summed E-state index contributed by atoms with van der Waals surface area (Å²) in [5.41, 5.74) is 1.20. The van der Waals surface area contributed by atoms with Gasteiger partial charge in [-0.25, -0.2) is 0 Å². The van der Waals surface area contributed by atoms with Crippen LogP contribution in [-0.4, -0.2) is 40.6 Å². The zero-order valence-corrected chi connectivity index (χ0v) is 11.4. The van der Waals surface area contributed by atoms with Crippen molar-refractivity contribution < 1.29 is 9.90 Å². The lowest BCUT2D eigenvalue weighted by molar-refractivity contribution is 0.0780. The van der Waals surface area contributed by atoms with E-state index in [4.69, 9.17) is 5.11 Å². The molecule has 3 rings (SSSR count). The molecule has 20 heavy (non-hydrogen) atoms. The third-order valence-electron chi connectivity index (χ3n) is 4.37. The fraction of sp³-hybridized carbons (Fsp3) is 0.500. The van der Waals surface area contributed by atoms with Gasteiger partial charge in [0, 0.05) is 25.5 Å². The highest BCUT2D eigenvalue weighted by atomic mass is 16.2. The van der Waals surface area contributed by atoms with Crippen molar-refractivity contribution >= 4 is 5.91 Å². The molecule has 1 amide bonds. The maximum Gasteiger partial charge on any atom is 0.255 e. The van der Waals surface area contributed by atoms with Crippen LogP contribution in [0.15, 0.2) is 18.5 Å². The lowest BCUT2D eigenvalue weighted by Gasteiger charge is -2.18. The number of fused-ring (bicyclic) bond motifs is 1. The van der Waals surface area contributed by atoms with Gasteiger partial charge in [-0.2, -0.15) is 0 Å². The average molecular weight is 270 g/mol. The minimum atomic E-state index is -0.212. The molecular weight excluding hydrogens is 252 g/mol. The molecule has 1 aliphatic heterocycles. The van der Waals surface area contributed by atoms with Gasteiger partial charge in [0.2, 0.25) is 0 Å². The summed E-state index contributed by atoms with van der Waals surface area (Å²) in [7, 11) is 0. The summed E-state index contributed by atoms with van der Waals surface area (Å²) in [5, 5.41) is 8.79.